The molecule has 0 saturated carbocycles. The van der Waals surface area contributed by atoms with Crippen LogP contribution in [0.1, 0.15) is 0 Å². The van der Waals surface area contributed by atoms with E-state index < -0.39 is 15.6 Å². The highest BCUT2D eigenvalue weighted by atomic mass is 32.2. The Morgan fingerprint density at radius 3 is 2.19 bits per heavy atom. The van der Waals surface area contributed by atoms with Gasteiger partial charge in [-0.2, -0.15) is 21.6 Å². The summed E-state index contributed by atoms with van der Waals surface area (Å²) in [4.78, 5) is 0.301. The van der Waals surface area contributed by atoms with Crippen molar-refractivity contribution in [1.29, 1.82) is 0 Å². The molecular weight excluding hydrogens is 385 g/mol. The molecule has 0 atom stereocenters. The molecule has 3 nitrogen and oxygen atoms in total. The van der Waals surface area contributed by atoms with Crippen LogP contribution in [0.25, 0.3) is 21.9 Å². The van der Waals surface area contributed by atoms with Crippen LogP contribution in [0.5, 0.6) is 5.75 Å². The van der Waals surface area contributed by atoms with Gasteiger partial charge >= 0.3 is 15.6 Å². The number of alkyl halides is 3. The minimum absolute atomic E-state index is 0.301. The van der Waals surface area contributed by atoms with Crippen molar-refractivity contribution in [2.24, 2.45) is 0 Å². The summed E-state index contributed by atoms with van der Waals surface area (Å²) in [6.07, 6.45) is 1.63. The summed E-state index contributed by atoms with van der Waals surface area (Å²) in [5.74, 6) is -0.338. The van der Waals surface area contributed by atoms with Gasteiger partial charge in [0, 0.05) is 0 Å². The Balaban J connectivity index is 2.08. The highest BCUT2D eigenvalue weighted by molar-refractivity contribution is 7.98. The molecule has 26 heavy (non-hydrogen) atoms. The SMILES string of the molecule is CSc1cc2cc(-c3ccccc3)ccc2cc1OS(=O)(=O)C(F)(F)F. The molecule has 3 aromatic carbocycles. The van der Waals surface area contributed by atoms with Gasteiger partial charge in [-0.3, -0.25) is 0 Å². The van der Waals surface area contributed by atoms with Gasteiger partial charge in [-0.15, -0.1) is 11.8 Å². The molecule has 0 fully saturated rings. The van der Waals surface area contributed by atoms with Crippen molar-refractivity contribution in [2.75, 3.05) is 6.26 Å². The molecule has 0 aliphatic heterocycles. The lowest BCUT2D eigenvalue weighted by atomic mass is 10.0. The zero-order valence-corrected chi connectivity index (χ0v) is 15.1. The van der Waals surface area contributed by atoms with Crippen molar-refractivity contribution < 1.29 is 25.8 Å². The van der Waals surface area contributed by atoms with Gasteiger partial charge in [0.2, 0.25) is 0 Å². The first kappa shape index (κ1) is 18.6. The smallest absolute Gasteiger partial charge is 0.375 e. The first-order valence-electron chi connectivity index (χ1n) is 7.39. The maximum absolute atomic E-state index is 12.6. The van der Waals surface area contributed by atoms with Gasteiger partial charge in [0.05, 0.1) is 4.90 Å². The number of hydrogen-bond acceptors (Lipinski definition) is 4. The lowest BCUT2D eigenvalue weighted by Gasteiger charge is -2.13. The Kier molecular flexibility index (Phi) is 4.90. The van der Waals surface area contributed by atoms with Crippen molar-refractivity contribution in [3.05, 3.63) is 60.7 Å². The Labute approximate surface area is 152 Å². The zero-order valence-electron chi connectivity index (χ0n) is 13.4. The standard InChI is InChI=1S/C18H13F3O3S2/c1-25-17-11-15-9-13(12-5-3-2-4-6-12)7-8-14(15)10-16(17)24-26(22,23)18(19,20)21/h2-11H,1H3. The van der Waals surface area contributed by atoms with Crippen LogP contribution in [0, 0.1) is 0 Å². The van der Waals surface area contributed by atoms with Gasteiger partial charge in [-0.1, -0.05) is 42.5 Å². The first-order chi connectivity index (χ1) is 12.2. The third kappa shape index (κ3) is 3.66. The summed E-state index contributed by atoms with van der Waals surface area (Å²) in [5, 5.41) is 1.35. The lowest BCUT2D eigenvalue weighted by Crippen LogP contribution is -2.28. The van der Waals surface area contributed by atoms with E-state index in [0.717, 1.165) is 28.3 Å². The van der Waals surface area contributed by atoms with Crippen molar-refractivity contribution >= 4 is 32.7 Å². The molecular formula is C18H13F3O3S2. The Morgan fingerprint density at radius 2 is 1.58 bits per heavy atom. The number of benzene rings is 3. The van der Waals surface area contributed by atoms with Gasteiger partial charge in [-0.05, 0) is 46.4 Å². The van der Waals surface area contributed by atoms with Gasteiger partial charge < -0.3 is 4.18 Å². The van der Waals surface area contributed by atoms with E-state index in [1.165, 1.54) is 6.07 Å². The molecule has 3 aromatic rings. The topological polar surface area (TPSA) is 43.4 Å². The van der Waals surface area contributed by atoms with Crippen molar-refractivity contribution in [2.45, 2.75) is 10.4 Å². The van der Waals surface area contributed by atoms with Gasteiger partial charge in [0.1, 0.15) is 0 Å². The Hall–Kier alpha value is -2.19. The maximum Gasteiger partial charge on any atom is 0.534 e. The maximum atomic E-state index is 12.6. The number of thioether (sulfide) groups is 1. The van der Waals surface area contributed by atoms with E-state index in [0.29, 0.717) is 10.3 Å². The van der Waals surface area contributed by atoms with Gasteiger partial charge in [0.15, 0.2) is 5.75 Å². The molecule has 0 amide bonds. The highest BCUT2D eigenvalue weighted by Gasteiger charge is 2.48. The molecule has 0 heterocycles. The largest absolute Gasteiger partial charge is 0.534 e. The van der Waals surface area contributed by atoms with E-state index in [1.807, 2.05) is 42.5 Å². The lowest BCUT2D eigenvalue weighted by molar-refractivity contribution is -0.0500. The van der Waals surface area contributed by atoms with Crippen molar-refractivity contribution in [1.82, 2.24) is 0 Å². The van der Waals surface area contributed by atoms with Crippen molar-refractivity contribution in [3.63, 3.8) is 0 Å². The number of halogens is 3. The summed E-state index contributed by atoms with van der Waals surface area (Å²) < 4.78 is 64.7. The Morgan fingerprint density at radius 1 is 0.885 bits per heavy atom. The van der Waals surface area contributed by atoms with Crippen LogP contribution in [-0.2, 0) is 10.1 Å². The third-order valence-corrected chi connectivity index (χ3v) is 5.44. The predicted molar refractivity (Wildman–Crippen MR) is 96.8 cm³/mol. The van der Waals surface area contributed by atoms with Gasteiger partial charge in [-0.25, -0.2) is 0 Å². The molecule has 0 bridgehead atoms. The quantitative estimate of drug-likeness (QED) is 0.333. The molecule has 8 heteroatoms. The van der Waals surface area contributed by atoms with E-state index in [9.17, 15) is 21.6 Å². The molecule has 0 spiro atoms. The zero-order chi connectivity index (χ0) is 18.9. The van der Waals surface area contributed by atoms with Crippen molar-refractivity contribution in [3.8, 4) is 16.9 Å². The molecule has 0 radical (unpaired) electrons. The van der Waals surface area contributed by atoms with E-state index in [4.69, 9.17) is 0 Å². The average Bonchev–Trinajstić information content (AvgIpc) is 2.60. The second-order valence-corrected chi connectivity index (χ2v) is 7.80. The molecule has 3 rings (SSSR count). The van der Waals surface area contributed by atoms with E-state index in [2.05, 4.69) is 4.18 Å². The minimum Gasteiger partial charge on any atom is -0.375 e. The van der Waals surface area contributed by atoms with Gasteiger partial charge in [0.25, 0.3) is 0 Å². The van der Waals surface area contributed by atoms with Crippen LogP contribution in [0.3, 0.4) is 0 Å². The molecule has 0 saturated heterocycles. The molecule has 136 valence electrons. The summed E-state index contributed by atoms with van der Waals surface area (Å²) in [6.45, 7) is 0. The average molecular weight is 398 g/mol. The van der Waals surface area contributed by atoms with Crippen LogP contribution in [0.2, 0.25) is 0 Å². The number of rotatable bonds is 4. The molecule has 0 aromatic heterocycles. The molecule has 0 aliphatic carbocycles. The predicted octanol–water partition coefficient (Wildman–Crippen LogP) is 5.46. The van der Waals surface area contributed by atoms with E-state index >= 15 is 0 Å². The fraction of sp³-hybridized carbons (Fsp3) is 0.111. The number of fused-ring (bicyclic) bond motifs is 1. The summed E-state index contributed by atoms with van der Waals surface area (Å²) >= 11 is 1.11. The van der Waals surface area contributed by atoms with E-state index in [1.54, 1.807) is 18.4 Å². The fourth-order valence-corrected chi connectivity index (χ4v) is 3.52. The second-order valence-electron chi connectivity index (χ2n) is 5.41. The monoisotopic (exact) mass is 398 g/mol. The third-order valence-electron chi connectivity index (χ3n) is 3.71. The van der Waals surface area contributed by atoms with Crippen LogP contribution < -0.4 is 4.18 Å². The van der Waals surface area contributed by atoms with Crippen LogP contribution in [0.15, 0.2) is 65.6 Å². The number of hydrogen-bond donors (Lipinski definition) is 0. The second kappa shape index (κ2) is 6.85. The Bertz CT molecular complexity index is 1050. The summed E-state index contributed by atoms with van der Waals surface area (Å²) in [5.41, 5.74) is -3.53. The van der Waals surface area contributed by atoms with Crippen LogP contribution >= 0.6 is 11.8 Å². The molecule has 0 aliphatic rings. The highest BCUT2D eigenvalue weighted by Crippen LogP contribution is 2.37. The minimum atomic E-state index is -5.72. The van der Waals surface area contributed by atoms with E-state index in [-0.39, 0.29) is 5.75 Å². The van der Waals surface area contributed by atoms with Crippen LogP contribution in [-0.4, -0.2) is 20.2 Å². The van der Waals surface area contributed by atoms with Crippen LogP contribution in [0.4, 0.5) is 13.2 Å². The molecule has 0 unspecified atom stereocenters. The summed E-state index contributed by atoms with van der Waals surface area (Å²) in [7, 11) is -5.72. The normalized spacial score (nSPS) is 12.3. The molecule has 0 N–H and O–H groups in total. The fourth-order valence-electron chi connectivity index (χ4n) is 2.46. The first-order valence-corrected chi connectivity index (χ1v) is 10.0. The summed E-state index contributed by atoms with van der Waals surface area (Å²) in [6, 6.07) is 18.0.